The van der Waals surface area contributed by atoms with E-state index in [0.717, 1.165) is 12.8 Å². The molecule has 1 saturated carbocycles. The third-order valence-corrected chi connectivity index (χ3v) is 6.29. The minimum atomic E-state index is -0.866. The Balaban J connectivity index is 1.78. The molecule has 150 valence electrons. The highest BCUT2D eigenvalue weighted by Crippen LogP contribution is 2.32. The molecule has 2 aliphatic heterocycles. The van der Waals surface area contributed by atoms with Crippen LogP contribution in [-0.4, -0.2) is 61.3 Å². The van der Waals surface area contributed by atoms with Gasteiger partial charge in [0.1, 0.15) is 5.54 Å². The number of nitrogens with two attached hydrogens (primary N) is 1. The molecule has 8 heteroatoms. The average Bonchev–Trinajstić information content (AvgIpc) is 3.15. The second kappa shape index (κ2) is 8.89. The molecule has 3 fully saturated rings. The van der Waals surface area contributed by atoms with Crippen molar-refractivity contribution < 1.29 is 14.3 Å². The Morgan fingerprint density at radius 2 is 2.15 bits per heavy atom. The molecule has 3 atom stereocenters. The monoisotopic (exact) mass is 377 g/mol. The lowest BCUT2D eigenvalue weighted by molar-refractivity contribution is -0.131. The van der Waals surface area contributed by atoms with Gasteiger partial charge in [0, 0.05) is 13.1 Å². The molecule has 3 amide bonds. The van der Waals surface area contributed by atoms with Crippen molar-refractivity contribution in [3.63, 3.8) is 0 Å². The predicted molar refractivity (Wildman–Crippen MR) is 99.6 cm³/mol. The second-order valence-electron chi connectivity index (χ2n) is 8.13. The predicted octanol–water partition coefficient (Wildman–Crippen LogP) is 0.724. The minimum Gasteiger partial charge on any atom is -0.377 e. The van der Waals surface area contributed by atoms with E-state index in [-0.39, 0.29) is 11.9 Å². The van der Waals surface area contributed by atoms with E-state index in [0.29, 0.717) is 51.6 Å². The number of nitrogens with zero attached hydrogens (tertiary/aromatic N) is 2. The van der Waals surface area contributed by atoms with Crippen LogP contribution in [0.15, 0.2) is 0 Å². The molecule has 2 heterocycles. The summed E-state index contributed by atoms with van der Waals surface area (Å²) in [7, 11) is 0. The third-order valence-electron chi connectivity index (χ3n) is 6.29. The molecule has 3 unspecified atom stereocenters. The van der Waals surface area contributed by atoms with E-state index in [9.17, 15) is 14.9 Å². The van der Waals surface area contributed by atoms with Crippen molar-refractivity contribution in [1.82, 2.24) is 15.5 Å². The molecule has 3 rings (SSSR count). The first-order valence-electron chi connectivity index (χ1n) is 10.1. The molecule has 27 heavy (non-hydrogen) atoms. The van der Waals surface area contributed by atoms with Crippen LogP contribution in [0.25, 0.3) is 0 Å². The number of primary amides is 1. The van der Waals surface area contributed by atoms with Gasteiger partial charge in [-0.05, 0) is 25.3 Å². The summed E-state index contributed by atoms with van der Waals surface area (Å²) in [5, 5.41) is 15.7. The number of hydrogen-bond donors (Lipinski definition) is 3. The molecule has 2 saturated heterocycles. The quantitative estimate of drug-likeness (QED) is 0.652. The lowest BCUT2D eigenvalue weighted by Gasteiger charge is -2.40. The number of amides is 3. The van der Waals surface area contributed by atoms with Crippen molar-refractivity contribution in [2.24, 2.45) is 17.6 Å². The number of nitriles is 1. The van der Waals surface area contributed by atoms with E-state index in [4.69, 9.17) is 10.5 Å². The van der Waals surface area contributed by atoms with Crippen LogP contribution < -0.4 is 16.4 Å². The Morgan fingerprint density at radius 1 is 1.37 bits per heavy atom. The van der Waals surface area contributed by atoms with Gasteiger partial charge >= 0.3 is 6.03 Å². The van der Waals surface area contributed by atoms with E-state index in [2.05, 4.69) is 16.7 Å². The zero-order chi connectivity index (χ0) is 19.3. The summed E-state index contributed by atoms with van der Waals surface area (Å²) in [5.74, 6) is -0.106. The summed E-state index contributed by atoms with van der Waals surface area (Å²) >= 11 is 0. The van der Waals surface area contributed by atoms with Crippen molar-refractivity contribution in [3.05, 3.63) is 0 Å². The fourth-order valence-corrected chi connectivity index (χ4v) is 4.70. The number of hydrogen-bond acceptors (Lipinski definition) is 5. The van der Waals surface area contributed by atoms with Gasteiger partial charge in [-0.25, -0.2) is 4.79 Å². The zero-order valence-corrected chi connectivity index (χ0v) is 15.9. The standard InChI is InChI=1S/C19H31N5O3/c20-12-19(6-7-22-13-19)23-17(25)15(10-14-4-2-1-3-5-14)16-11-27-9-8-24(16)18(21)26/h14-16,22H,1-11,13H2,(H2,21,26)(H,23,25). The molecule has 0 aromatic carbocycles. The molecule has 1 aliphatic carbocycles. The minimum absolute atomic E-state index is 0.160. The van der Waals surface area contributed by atoms with Crippen LogP contribution in [0.1, 0.15) is 44.9 Å². The van der Waals surface area contributed by atoms with Crippen LogP contribution >= 0.6 is 0 Å². The maximum atomic E-state index is 13.3. The number of morpholine rings is 1. The number of rotatable bonds is 5. The lowest BCUT2D eigenvalue weighted by atomic mass is 9.79. The highest BCUT2D eigenvalue weighted by atomic mass is 16.5. The average molecular weight is 377 g/mol. The van der Waals surface area contributed by atoms with Gasteiger partial charge in [0.25, 0.3) is 0 Å². The fraction of sp³-hybridized carbons (Fsp3) is 0.842. The second-order valence-corrected chi connectivity index (χ2v) is 8.13. The topological polar surface area (TPSA) is 120 Å². The number of carbonyl (C=O) groups is 2. The summed E-state index contributed by atoms with van der Waals surface area (Å²) in [6.07, 6.45) is 7.14. The lowest BCUT2D eigenvalue weighted by Crippen LogP contribution is -2.59. The molecule has 3 aliphatic rings. The van der Waals surface area contributed by atoms with E-state index in [1.165, 1.54) is 19.3 Å². The van der Waals surface area contributed by atoms with Crippen LogP contribution in [0.4, 0.5) is 4.79 Å². The van der Waals surface area contributed by atoms with E-state index >= 15 is 0 Å². The molecule has 0 radical (unpaired) electrons. The van der Waals surface area contributed by atoms with Gasteiger partial charge in [-0.15, -0.1) is 0 Å². The summed E-state index contributed by atoms with van der Waals surface area (Å²) in [4.78, 5) is 26.8. The first-order valence-corrected chi connectivity index (χ1v) is 10.1. The van der Waals surface area contributed by atoms with Gasteiger partial charge in [0.15, 0.2) is 0 Å². The van der Waals surface area contributed by atoms with Crippen LogP contribution in [0.3, 0.4) is 0 Å². The summed E-state index contributed by atoms with van der Waals surface area (Å²) in [6, 6.07) is 1.39. The van der Waals surface area contributed by atoms with Gasteiger partial charge < -0.3 is 26.0 Å². The highest BCUT2D eigenvalue weighted by Gasteiger charge is 2.42. The Bertz CT molecular complexity index is 578. The molecule has 4 N–H and O–H groups in total. The molecule has 0 bridgehead atoms. The van der Waals surface area contributed by atoms with Crippen LogP contribution in [0.2, 0.25) is 0 Å². The van der Waals surface area contributed by atoms with Gasteiger partial charge in [-0.2, -0.15) is 5.26 Å². The normalized spacial score (nSPS) is 30.5. The van der Waals surface area contributed by atoms with Crippen molar-refractivity contribution in [3.8, 4) is 6.07 Å². The maximum Gasteiger partial charge on any atom is 0.315 e. The number of urea groups is 1. The zero-order valence-electron chi connectivity index (χ0n) is 15.9. The summed E-state index contributed by atoms with van der Waals surface area (Å²) in [6.45, 7) is 2.31. The Morgan fingerprint density at radius 3 is 2.78 bits per heavy atom. The molecular weight excluding hydrogens is 346 g/mol. The van der Waals surface area contributed by atoms with E-state index in [1.54, 1.807) is 4.90 Å². The molecule has 0 spiro atoms. The van der Waals surface area contributed by atoms with E-state index in [1.807, 2.05) is 0 Å². The summed E-state index contributed by atoms with van der Waals surface area (Å²) in [5.41, 5.74) is 4.72. The van der Waals surface area contributed by atoms with Crippen molar-refractivity contribution in [2.75, 3.05) is 32.8 Å². The van der Waals surface area contributed by atoms with Gasteiger partial charge in [0.2, 0.25) is 5.91 Å². The first kappa shape index (κ1) is 19.9. The molecular formula is C19H31N5O3. The largest absolute Gasteiger partial charge is 0.377 e. The number of ether oxygens (including phenoxy) is 1. The van der Waals surface area contributed by atoms with Crippen LogP contribution in [0, 0.1) is 23.2 Å². The van der Waals surface area contributed by atoms with Crippen molar-refractivity contribution in [1.29, 1.82) is 5.26 Å². The molecule has 8 nitrogen and oxygen atoms in total. The molecule has 0 aromatic rings. The van der Waals surface area contributed by atoms with Crippen LogP contribution in [-0.2, 0) is 9.53 Å². The number of carbonyl (C=O) groups excluding carboxylic acids is 2. The van der Waals surface area contributed by atoms with Gasteiger partial charge in [-0.3, -0.25) is 4.79 Å². The summed E-state index contributed by atoms with van der Waals surface area (Å²) < 4.78 is 5.60. The molecule has 0 aromatic heterocycles. The first-order chi connectivity index (χ1) is 13.0. The van der Waals surface area contributed by atoms with E-state index < -0.39 is 17.5 Å². The Hall–Kier alpha value is -1.85. The van der Waals surface area contributed by atoms with Crippen LogP contribution in [0.5, 0.6) is 0 Å². The number of nitrogens with one attached hydrogen (secondary N) is 2. The fourth-order valence-electron chi connectivity index (χ4n) is 4.70. The highest BCUT2D eigenvalue weighted by molar-refractivity contribution is 5.82. The maximum absolute atomic E-state index is 13.3. The third kappa shape index (κ3) is 4.71. The Labute approximate surface area is 160 Å². The Kier molecular flexibility index (Phi) is 6.55. The van der Waals surface area contributed by atoms with Gasteiger partial charge in [0.05, 0.1) is 31.2 Å². The smallest absolute Gasteiger partial charge is 0.315 e. The van der Waals surface area contributed by atoms with Crippen molar-refractivity contribution >= 4 is 11.9 Å². The SMILES string of the molecule is N#CC1(NC(=O)C(CC2CCCCC2)C2COCCN2C(N)=O)CCNC1. The van der Waals surface area contributed by atoms with Gasteiger partial charge in [-0.1, -0.05) is 32.1 Å². The van der Waals surface area contributed by atoms with Crippen molar-refractivity contribution in [2.45, 2.75) is 56.5 Å².